The van der Waals surface area contributed by atoms with Crippen molar-refractivity contribution in [1.82, 2.24) is 0 Å². The largest absolute Gasteiger partial charge is 4.00 e. The Hall–Kier alpha value is -0.807. The minimum Gasteiger partial charge on any atom is -0.672 e. The molecule has 0 aromatic heterocycles. The summed E-state index contributed by atoms with van der Waals surface area (Å²) in [6, 6.07) is 13.4. The van der Waals surface area contributed by atoms with E-state index in [0.29, 0.717) is 34.0 Å². The second-order valence-corrected chi connectivity index (χ2v) is 30.5. The van der Waals surface area contributed by atoms with Crippen LogP contribution in [0.2, 0.25) is 0 Å². The van der Waals surface area contributed by atoms with E-state index in [0.717, 1.165) is 17.8 Å². The Balaban J connectivity index is 0.000000290. The summed E-state index contributed by atoms with van der Waals surface area (Å²) in [5, 5.41) is 15.2. The fourth-order valence-electron chi connectivity index (χ4n) is 10.9. The van der Waals surface area contributed by atoms with Crippen molar-refractivity contribution in [3.05, 3.63) is 107 Å². The molecule has 4 saturated carbocycles. The molecule has 4 nitrogen and oxygen atoms in total. The summed E-state index contributed by atoms with van der Waals surface area (Å²) in [6.45, 7) is 46.9. The van der Waals surface area contributed by atoms with Gasteiger partial charge in [0.05, 0.1) is 0 Å². The zero-order valence-corrected chi connectivity index (χ0v) is 49.2. The van der Waals surface area contributed by atoms with Crippen LogP contribution in [0, 0.1) is 80.1 Å². The van der Waals surface area contributed by atoms with Crippen molar-refractivity contribution in [2.75, 3.05) is 0 Å². The van der Waals surface area contributed by atoms with Gasteiger partial charge in [0.1, 0.15) is 0 Å². The molecule has 0 aliphatic heterocycles. The molecule has 7 rings (SSSR count). The van der Waals surface area contributed by atoms with E-state index >= 15 is 0 Å². The Morgan fingerprint density at radius 1 is 0.397 bits per heavy atom. The molecular formula is C55H91N4P3Zr. The molecule has 0 heterocycles. The summed E-state index contributed by atoms with van der Waals surface area (Å²) >= 11 is 0. The van der Waals surface area contributed by atoms with Gasteiger partial charge in [0.15, 0.2) is 0 Å². The molecule has 3 aromatic carbocycles. The van der Waals surface area contributed by atoms with Gasteiger partial charge in [0.2, 0.25) is 0 Å². The normalized spacial score (nSPS) is 20.0. The molecule has 63 heavy (non-hydrogen) atoms. The fraction of sp³-hybridized carbons (Fsp3) is 0.673. The maximum atomic E-state index is 8.21. The summed E-state index contributed by atoms with van der Waals surface area (Å²) in [7, 11) is -0.816. The number of aryl methyl sites for hydroxylation is 9. The van der Waals surface area contributed by atoms with Crippen LogP contribution in [-0.4, -0.2) is 39.5 Å². The molecule has 0 saturated heterocycles. The van der Waals surface area contributed by atoms with E-state index in [2.05, 4.69) is 182 Å². The SMILES string of the molecule is Cc1cc(C)c([N-]P(C(C)C)C(C)C)c(C)c1.Cc1cc(C)c([N-]P(C(C)C)C(C)C)c(C)c1.Cc1cc(C)c([N-]P(C(C)C)C(C)C)c(C)c1.[NH-]C12CC3CC(CC(C3)C1)C2.[Zr+4]. The molecule has 4 bridgehead atoms. The van der Waals surface area contributed by atoms with E-state index in [1.54, 1.807) is 0 Å². The van der Waals surface area contributed by atoms with Crippen molar-refractivity contribution in [1.29, 1.82) is 0 Å². The third kappa shape index (κ3) is 17.7. The van der Waals surface area contributed by atoms with Gasteiger partial charge in [-0.2, -0.15) is 24.2 Å². The van der Waals surface area contributed by atoms with Gasteiger partial charge in [0, 0.05) is 0 Å². The number of hydrogen-bond acceptors (Lipinski definition) is 0. The summed E-state index contributed by atoms with van der Waals surface area (Å²) in [6.07, 6.45) is 8.12. The number of benzene rings is 3. The zero-order chi connectivity index (χ0) is 47.0. The van der Waals surface area contributed by atoms with Gasteiger partial charge in [-0.05, 0) is 133 Å². The van der Waals surface area contributed by atoms with Gasteiger partial charge >= 0.3 is 26.2 Å². The quantitative estimate of drug-likeness (QED) is 0.162. The Morgan fingerprint density at radius 2 is 0.571 bits per heavy atom. The van der Waals surface area contributed by atoms with E-state index in [-0.39, 0.29) is 56.0 Å². The van der Waals surface area contributed by atoms with Crippen LogP contribution in [0.15, 0.2) is 36.4 Å². The van der Waals surface area contributed by atoms with Crippen molar-refractivity contribution in [3.63, 3.8) is 0 Å². The zero-order valence-electron chi connectivity index (χ0n) is 44.1. The van der Waals surface area contributed by atoms with Crippen molar-refractivity contribution >= 4 is 41.3 Å². The Morgan fingerprint density at radius 3 is 0.714 bits per heavy atom. The Bertz CT molecular complexity index is 1560. The molecule has 0 amide bonds. The molecule has 4 aliphatic carbocycles. The monoisotopic (exact) mass is 991 g/mol. The van der Waals surface area contributed by atoms with E-state index in [4.69, 9.17) is 21.0 Å². The van der Waals surface area contributed by atoms with Crippen molar-refractivity contribution in [2.45, 2.75) is 223 Å². The molecular weight excluding hydrogens is 901 g/mol. The fourth-order valence-corrected chi connectivity index (χ4v) is 17.5. The van der Waals surface area contributed by atoms with Crippen LogP contribution in [0.25, 0.3) is 21.0 Å². The summed E-state index contributed by atoms with van der Waals surface area (Å²) in [4.78, 5) is 0. The minimum atomic E-state index is -0.272. The van der Waals surface area contributed by atoms with E-state index in [1.165, 1.54) is 106 Å². The third-order valence-corrected chi connectivity index (χ3v) is 20.4. The minimum absolute atomic E-state index is 0. The Kier molecular flexibility index (Phi) is 24.1. The van der Waals surface area contributed by atoms with Gasteiger partial charge in [-0.25, -0.2) is 0 Å². The topological polar surface area (TPSA) is 66.1 Å². The molecule has 4 fully saturated rings. The molecule has 1 N–H and O–H groups in total. The predicted octanol–water partition coefficient (Wildman–Crippen LogP) is 20.5. The van der Waals surface area contributed by atoms with Crippen molar-refractivity contribution < 1.29 is 26.2 Å². The van der Waals surface area contributed by atoms with Crippen LogP contribution in [0.4, 0.5) is 17.1 Å². The van der Waals surface area contributed by atoms with E-state index in [9.17, 15) is 0 Å². The number of nitrogens with one attached hydrogen (secondary N) is 1. The van der Waals surface area contributed by atoms with Crippen LogP contribution < -0.4 is 0 Å². The van der Waals surface area contributed by atoms with Crippen LogP contribution in [0.5, 0.6) is 0 Å². The number of rotatable bonds is 12. The van der Waals surface area contributed by atoms with Gasteiger partial charge in [-0.3, -0.25) is 0 Å². The van der Waals surface area contributed by atoms with Gasteiger partial charge < -0.3 is 21.0 Å². The van der Waals surface area contributed by atoms with Gasteiger partial charge in [-0.15, -0.1) is 22.6 Å². The molecule has 0 radical (unpaired) electrons. The van der Waals surface area contributed by atoms with Gasteiger partial charge in [0.25, 0.3) is 0 Å². The first kappa shape index (κ1) is 58.3. The smallest absolute Gasteiger partial charge is 0.672 e. The van der Waals surface area contributed by atoms with Crippen molar-refractivity contribution in [3.8, 4) is 0 Å². The van der Waals surface area contributed by atoms with Gasteiger partial charge in [-0.1, -0.05) is 189 Å². The maximum absolute atomic E-state index is 8.21. The molecule has 0 unspecified atom stereocenters. The molecule has 8 heteroatoms. The summed E-state index contributed by atoms with van der Waals surface area (Å²) < 4.78 is 0. The van der Waals surface area contributed by atoms with E-state index in [1.807, 2.05) is 0 Å². The second-order valence-electron chi connectivity index (χ2n) is 21.4. The molecule has 0 atom stereocenters. The van der Waals surface area contributed by atoms with Crippen LogP contribution >= 0.6 is 24.2 Å². The third-order valence-electron chi connectivity index (χ3n) is 12.8. The number of hydrogen-bond donors (Lipinski definition) is 0. The average Bonchev–Trinajstić information content (AvgIpc) is 3.09. The standard InChI is InChI=1S/3C15H25NP.C10H16N.Zr/c3*1-10(2)17(11(3)4)16-15-13(6)8-12(5)9-14(15)7;11-10-4-7-1-8(5-10)3-9(2-7)6-10;/h3*8-11H,1-7H3;7-9,11H,1-6H2;/q4*-1;+4. The van der Waals surface area contributed by atoms with Crippen LogP contribution in [0.1, 0.15) is 172 Å². The summed E-state index contributed by atoms with van der Waals surface area (Å²) in [5.74, 6) is 2.87. The van der Waals surface area contributed by atoms with E-state index < -0.39 is 0 Å². The maximum Gasteiger partial charge on any atom is 4.00 e. The summed E-state index contributed by atoms with van der Waals surface area (Å²) in [5.41, 5.74) is 27.8. The Labute approximate surface area is 413 Å². The first-order valence-corrected chi connectivity index (χ1v) is 28.5. The number of nitrogens with zero attached hydrogens (tertiary/aromatic N) is 3. The first-order chi connectivity index (χ1) is 28.7. The average molecular weight is 993 g/mol. The predicted molar refractivity (Wildman–Crippen MR) is 288 cm³/mol. The second kappa shape index (κ2) is 26.1. The molecule has 4 aliphatic rings. The molecule has 350 valence electrons. The van der Waals surface area contributed by atoms with Crippen LogP contribution in [-0.2, 0) is 26.2 Å². The van der Waals surface area contributed by atoms with Crippen LogP contribution in [0.3, 0.4) is 0 Å². The van der Waals surface area contributed by atoms with Crippen molar-refractivity contribution in [2.24, 2.45) is 17.8 Å². The molecule has 3 aromatic rings. The first-order valence-electron chi connectivity index (χ1n) is 24.2. The molecule has 0 spiro atoms.